The number of fused-ring (bicyclic) bond motifs is 15. The molecule has 2 amide bonds. The van der Waals surface area contributed by atoms with Gasteiger partial charge in [-0.1, -0.05) is 19.1 Å². The van der Waals surface area contributed by atoms with Crippen LogP contribution in [-0.2, 0) is 16.1 Å². The summed E-state index contributed by atoms with van der Waals surface area (Å²) in [5.74, 6) is -0.596. The van der Waals surface area contributed by atoms with Gasteiger partial charge >= 0.3 is 0 Å². The van der Waals surface area contributed by atoms with Gasteiger partial charge in [-0.15, -0.1) is 0 Å². The minimum absolute atomic E-state index is 0.0320. The third kappa shape index (κ3) is 7.90. The van der Waals surface area contributed by atoms with E-state index in [4.69, 9.17) is 0 Å². The van der Waals surface area contributed by atoms with E-state index >= 15 is 0 Å². The molecule has 8 N–H and O–H groups in total. The van der Waals surface area contributed by atoms with Crippen molar-refractivity contribution >= 4 is 17.5 Å². The molecule has 0 spiro atoms. The molecule has 4 heterocycles. The van der Waals surface area contributed by atoms with Crippen molar-refractivity contribution in [3.8, 4) is 0 Å². The maximum absolute atomic E-state index is 12.0. The Bertz CT molecular complexity index is 875. The molecule has 3 saturated heterocycles. The van der Waals surface area contributed by atoms with Crippen LogP contribution in [0, 0.1) is 0 Å². The van der Waals surface area contributed by atoms with E-state index in [0.29, 0.717) is 12.2 Å². The molecule has 4 aliphatic heterocycles. The number of rotatable bonds is 6. The van der Waals surface area contributed by atoms with E-state index in [2.05, 4.69) is 49.5 Å². The Balaban J connectivity index is 1.43. The first kappa shape index (κ1) is 28.8. The molecule has 1 aromatic rings. The molecule has 11 heteroatoms. The number of hydrogen-bond acceptors (Lipinski definition) is 10. The van der Waals surface area contributed by atoms with Gasteiger partial charge in [0, 0.05) is 97.2 Å². The maximum atomic E-state index is 12.0. The summed E-state index contributed by atoms with van der Waals surface area (Å²) in [6, 6.07) is 7.63. The molecule has 38 heavy (non-hydrogen) atoms. The first-order valence-corrected chi connectivity index (χ1v) is 13.9. The first-order chi connectivity index (χ1) is 18.5. The van der Waals surface area contributed by atoms with Gasteiger partial charge in [0.2, 0.25) is 0 Å². The van der Waals surface area contributed by atoms with Crippen molar-refractivity contribution in [2.45, 2.75) is 24.5 Å². The number of anilines is 1. The van der Waals surface area contributed by atoms with Gasteiger partial charge < -0.3 is 42.5 Å². The fourth-order valence-electron chi connectivity index (χ4n) is 5.33. The molecule has 1 aromatic carbocycles. The average Bonchev–Trinajstić information content (AvgIpc) is 3.26. The number of carbonyl (C=O) groups is 2. The van der Waals surface area contributed by atoms with Crippen LogP contribution in [-0.4, -0.2) is 108 Å². The van der Waals surface area contributed by atoms with Crippen molar-refractivity contribution in [3.63, 3.8) is 0 Å². The molecule has 210 valence electrons. The number of imide groups is 1. The Morgan fingerprint density at radius 3 is 1.45 bits per heavy atom. The van der Waals surface area contributed by atoms with Crippen molar-refractivity contribution in [3.05, 3.63) is 42.0 Å². The van der Waals surface area contributed by atoms with Crippen LogP contribution in [0.15, 0.2) is 36.4 Å². The lowest BCUT2D eigenvalue weighted by Crippen LogP contribution is -2.66. The molecular formula is C27H45N9O2. The monoisotopic (exact) mass is 527 g/mol. The average molecular weight is 528 g/mol. The van der Waals surface area contributed by atoms with Crippen LogP contribution in [0.1, 0.15) is 12.5 Å². The highest BCUT2D eigenvalue weighted by atomic mass is 16.2. The Labute approximate surface area is 226 Å². The molecule has 0 saturated carbocycles. The van der Waals surface area contributed by atoms with Crippen molar-refractivity contribution in [1.29, 1.82) is 0 Å². The lowest BCUT2D eigenvalue weighted by Gasteiger charge is -2.39. The smallest absolute Gasteiger partial charge is 0.258 e. The second kappa shape index (κ2) is 14.2. The van der Waals surface area contributed by atoms with Crippen molar-refractivity contribution in [2.24, 2.45) is 0 Å². The predicted molar refractivity (Wildman–Crippen MR) is 151 cm³/mol. The van der Waals surface area contributed by atoms with E-state index in [0.717, 1.165) is 90.6 Å². The van der Waals surface area contributed by atoms with Gasteiger partial charge in [0.15, 0.2) is 0 Å². The van der Waals surface area contributed by atoms with E-state index in [1.807, 2.05) is 24.3 Å². The van der Waals surface area contributed by atoms with E-state index in [1.54, 1.807) is 0 Å². The van der Waals surface area contributed by atoms with Crippen LogP contribution in [0.2, 0.25) is 0 Å². The third-order valence-electron chi connectivity index (χ3n) is 7.44. The van der Waals surface area contributed by atoms with E-state index < -0.39 is 0 Å². The second-order valence-corrected chi connectivity index (χ2v) is 10.5. The van der Waals surface area contributed by atoms with E-state index in [9.17, 15) is 9.59 Å². The minimum atomic E-state index is -0.298. The number of nitrogens with one attached hydrogen (secondary N) is 8. The molecular weight excluding hydrogens is 482 g/mol. The number of nitrogens with zero attached hydrogens (tertiary/aromatic N) is 1. The number of carbonyl (C=O) groups excluding carboxylic acids is 2. The number of hydrogen-bond donors (Lipinski definition) is 8. The van der Waals surface area contributed by atoms with Gasteiger partial charge in [-0.3, -0.25) is 9.59 Å². The minimum Gasteiger partial charge on any atom is -0.314 e. The lowest BCUT2D eigenvalue weighted by atomic mass is 9.97. The van der Waals surface area contributed by atoms with Gasteiger partial charge in [-0.2, -0.15) is 0 Å². The van der Waals surface area contributed by atoms with Crippen LogP contribution < -0.4 is 47.4 Å². The highest BCUT2D eigenvalue weighted by molar-refractivity contribution is 6.28. The maximum Gasteiger partial charge on any atom is 0.258 e. The molecule has 3 fully saturated rings. The Morgan fingerprint density at radius 2 is 1.05 bits per heavy atom. The Kier molecular flexibility index (Phi) is 10.8. The van der Waals surface area contributed by atoms with Crippen LogP contribution >= 0.6 is 0 Å². The predicted octanol–water partition coefficient (Wildman–Crippen LogP) is -2.14. The van der Waals surface area contributed by atoms with E-state index in [1.165, 1.54) is 17.1 Å². The number of likely N-dealkylation sites (N-methyl/N-ethyl adjacent to an activating group) is 1. The molecule has 0 radical (unpaired) electrons. The molecule has 11 nitrogen and oxygen atoms in total. The van der Waals surface area contributed by atoms with Crippen LogP contribution in [0.3, 0.4) is 0 Å². The first-order valence-electron chi connectivity index (χ1n) is 13.9. The highest BCUT2D eigenvalue weighted by Crippen LogP contribution is 2.20. The molecule has 4 aliphatic rings. The zero-order chi connectivity index (χ0) is 26.7. The fraction of sp³-hybridized carbons (Fsp3) is 0.630. The quantitative estimate of drug-likeness (QED) is 0.194. The summed E-state index contributed by atoms with van der Waals surface area (Å²) < 4.78 is 0. The summed E-state index contributed by atoms with van der Waals surface area (Å²) in [5.41, 5.74) is 1.46. The van der Waals surface area contributed by atoms with Crippen LogP contribution in [0.25, 0.3) is 0 Å². The number of amides is 2. The van der Waals surface area contributed by atoms with Crippen LogP contribution in [0.4, 0.5) is 5.69 Å². The molecule has 0 atom stereocenters. The van der Waals surface area contributed by atoms with E-state index in [-0.39, 0.29) is 22.9 Å². The summed E-state index contributed by atoms with van der Waals surface area (Å²) in [6.07, 6.45) is 2.62. The van der Waals surface area contributed by atoms with Crippen molar-refractivity contribution in [2.75, 3.05) is 90.0 Å². The highest BCUT2D eigenvalue weighted by Gasteiger charge is 2.31. The van der Waals surface area contributed by atoms with Gasteiger partial charge in [0.05, 0.1) is 16.8 Å². The summed E-state index contributed by atoms with van der Waals surface area (Å²) in [6.45, 7) is 14.2. The normalized spacial score (nSPS) is 28.4. The second-order valence-electron chi connectivity index (χ2n) is 10.5. The van der Waals surface area contributed by atoms with Gasteiger partial charge in [-0.25, -0.2) is 4.90 Å². The van der Waals surface area contributed by atoms with Crippen molar-refractivity contribution in [1.82, 2.24) is 42.5 Å². The molecule has 2 bridgehead atoms. The summed E-state index contributed by atoms with van der Waals surface area (Å²) in [7, 11) is 0. The fourth-order valence-corrected chi connectivity index (χ4v) is 5.33. The standard InChI is InChI=1S/C27H45N9O2/c1-2-34-26-16-28-9-12-31-19-27(20-32-13-10-29-17-26,21-33-14-11-30-18-26)35-15-22-3-5-23(6-4-22)36-24(37)7-8-25(36)38/h3-8,28-35H,2,9-21H2,1H3. The third-order valence-corrected chi connectivity index (χ3v) is 7.44. The molecule has 0 aromatic heterocycles. The summed E-state index contributed by atoms with van der Waals surface area (Å²) in [4.78, 5) is 25.2. The summed E-state index contributed by atoms with van der Waals surface area (Å²) >= 11 is 0. The SMILES string of the molecule is CCNC12CNCCNCC(NCc3ccc(N4C(=O)C=CC4=O)cc3)(CNCCNC1)CNCCNC2. The lowest BCUT2D eigenvalue weighted by molar-refractivity contribution is -0.119. The number of benzene rings is 1. The van der Waals surface area contributed by atoms with Gasteiger partial charge in [0.1, 0.15) is 0 Å². The molecule has 5 rings (SSSR count). The zero-order valence-electron chi connectivity index (χ0n) is 22.6. The zero-order valence-corrected chi connectivity index (χ0v) is 22.6. The molecule has 0 aliphatic carbocycles. The van der Waals surface area contributed by atoms with Crippen molar-refractivity contribution < 1.29 is 9.59 Å². The Hall–Kier alpha value is -2.22. The Morgan fingerprint density at radius 1 is 0.658 bits per heavy atom. The van der Waals surface area contributed by atoms with Crippen LogP contribution in [0.5, 0.6) is 0 Å². The van der Waals surface area contributed by atoms with Gasteiger partial charge in [0.25, 0.3) is 11.8 Å². The largest absolute Gasteiger partial charge is 0.314 e. The summed E-state index contributed by atoms with van der Waals surface area (Å²) in [5, 5.41) is 29.6. The molecule has 0 unspecified atom stereocenters. The topological polar surface area (TPSA) is 134 Å². The van der Waals surface area contributed by atoms with Gasteiger partial charge in [-0.05, 0) is 24.2 Å².